The topological polar surface area (TPSA) is 96.1 Å². The Labute approximate surface area is 82.8 Å². The van der Waals surface area contributed by atoms with Gasteiger partial charge < -0.3 is 16.6 Å². The lowest BCUT2D eigenvalue weighted by molar-refractivity contribution is 0.164. The number of rotatable bonds is 2. The lowest BCUT2D eigenvalue weighted by Gasteiger charge is -2.16. The third-order valence-electron chi connectivity index (χ3n) is 2.09. The highest BCUT2D eigenvalue weighted by atomic mass is 16.3. The van der Waals surface area contributed by atoms with Gasteiger partial charge in [-0.2, -0.15) is 5.26 Å². The fraction of sp³-hybridized carbons (Fsp3) is 0.300. The third kappa shape index (κ3) is 2.02. The fourth-order valence-electron chi connectivity index (χ4n) is 1.21. The Balaban J connectivity index is 3.07. The van der Waals surface area contributed by atoms with E-state index in [1.54, 1.807) is 25.1 Å². The van der Waals surface area contributed by atoms with Gasteiger partial charge >= 0.3 is 0 Å². The van der Waals surface area contributed by atoms with Gasteiger partial charge in [-0.15, -0.1) is 0 Å². The van der Waals surface area contributed by atoms with Crippen LogP contribution in [0.5, 0.6) is 0 Å². The van der Waals surface area contributed by atoms with Crippen molar-refractivity contribution in [3.8, 4) is 6.07 Å². The quantitative estimate of drug-likeness (QED) is 0.594. The number of benzene rings is 1. The van der Waals surface area contributed by atoms with Gasteiger partial charge in [-0.3, -0.25) is 0 Å². The maximum Gasteiger partial charge on any atom is 0.0992 e. The van der Waals surface area contributed by atoms with Crippen LogP contribution in [0.25, 0.3) is 0 Å². The fourth-order valence-corrected chi connectivity index (χ4v) is 1.21. The molecular formula is C10H13N3O. The van der Waals surface area contributed by atoms with Crippen molar-refractivity contribution in [2.24, 2.45) is 5.73 Å². The van der Waals surface area contributed by atoms with E-state index in [9.17, 15) is 5.11 Å². The summed E-state index contributed by atoms with van der Waals surface area (Å²) in [6.07, 6.45) is -0.662. The van der Waals surface area contributed by atoms with Crippen molar-refractivity contribution in [1.29, 1.82) is 5.26 Å². The van der Waals surface area contributed by atoms with E-state index < -0.39 is 12.1 Å². The monoisotopic (exact) mass is 191 g/mol. The minimum Gasteiger partial charge on any atom is -0.398 e. The Bertz CT molecular complexity index is 368. The lowest BCUT2D eigenvalue weighted by Crippen LogP contribution is -2.24. The Kier molecular flexibility index (Phi) is 3.07. The van der Waals surface area contributed by atoms with Gasteiger partial charge in [0.25, 0.3) is 0 Å². The zero-order valence-electron chi connectivity index (χ0n) is 7.94. The van der Waals surface area contributed by atoms with E-state index in [1.807, 2.05) is 6.07 Å². The molecule has 4 heteroatoms. The molecule has 5 N–H and O–H groups in total. The molecule has 0 radical (unpaired) electrons. The largest absolute Gasteiger partial charge is 0.398 e. The number of anilines is 1. The van der Waals surface area contributed by atoms with E-state index in [2.05, 4.69) is 0 Å². The zero-order valence-corrected chi connectivity index (χ0v) is 7.94. The first-order valence-electron chi connectivity index (χ1n) is 4.29. The molecule has 0 aromatic heterocycles. The molecule has 0 fully saturated rings. The Morgan fingerprint density at radius 3 is 2.57 bits per heavy atom. The van der Waals surface area contributed by atoms with E-state index >= 15 is 0 Å². The molecular weight excluding hydrogens is 178 g/mol. The summed E-state index contributed by atoms with van der Waals surface area (Å²) in [5, 5.41) is 17.9. The summed E-state index contributed by atoms with van der Waals surface area (Å²) in [4.78, 5) is 0. The van der Waals surface area contributed by atoms with Gasteiger partial charge in [-0.05, 0) is 24.6 Å². The maximum absolute atomic E-state index is 9.28. The molecule has 1 aromatic carbocycles. The standard InChI is InChI=1S/C10H13N3O/c1-6(14)10(13)8-3-2-7(5-11)4-9(8)12/h2-4,6,10,14H,12-13H2,1H3/t6-,10+/m1/s1. The third-order valence-corrected chi connectivity index (χ3v) is 2.09. The summed E-state index contributed by atoms with van der Waals surface area (Å²) in [6, 6.07) is 6.33. The van der Waals surface area contributed by atoms with Crippen LogP contribution in [-0.2, 0) is 0 Å². The van der Waals surface area contributed by atoms with Crippen LogP contribution in [0.1, 0.15) is 24.1 Å². The predicted octanol–water partition coefficient (Wildman–Crippen LogP) is 0.521. The number of nitrogens with two attached hydrogens (primary N) is 2. The van der Waals surface area contributed by atoms with Gasteiger partial charge in [0.2, 0.25) is 0 Å². The number of hydrogen-bond donors (Lipinski definition) is 3. The van der Waals surface area contributed by atoms with Gasteiger partial charge in [0.05, 0.1) is 23.8 Å². The highest BCUT2D eigenvalue weighted by Crippen LogP contribution is 2.22. The van der Waals surface area contributed by atoms with Crippen molar-refractivity contribution in [1.82, 2.24) is 0 Å². The SMILES string of the molecule is C[C@@H](O)[C@H](N)c1ccc(C#N)cc1N. The number of aliphatic hydroxyl groups is 1. The van der Waals surface area contributed by atoms with Crippen LogP contribution < -0.4 is 11.5 Å². The molecule has 14 heavy (non-hydrogen) atoms. The van der Waals surface area contributed by atoms with Gasteiger partial charge in [-0.25, -0.2) is 0 Å². The van der Waals surface area contributed by atoms with E-state index in [-0.39, 0.29) is 0 Å². The highest BCUT2D eigenvalue weighted by molar-refractivity contribution is 5.53. The van der Waals surface area contributed by atoms with Crippen molar-refractivity contribution in [3.63, 3.8) is 0 Å². The molecule has 2 atom stereocenters. The summed E-state index contributed by atoms with van der Waals surface area (Å²) in [5.41, 5.74) is 13.0. The van der Waals surface area contributed by atoms with Crippen LogP contribution in [-0.4, -0.2) is 11.2 Å². The van der Waals surface area contributed by atoms with Crippen LogP contribution in [0, 0.1) is 11.3 Å². The first-order valence-corrected chi connectivity index (χ1v) is 4.29. The Hall–Kier alpha value is -1.57. The second-order valence-electron chi connectivity index (χ2n) is 3.22. The number of nitriles is 1. The number of aliphatic hydroxyl groups excluding tert-OH is 1. The van der Waals surface area contributed by atoms with E-state index in [4.69, 9.17) is 16.7 Å². The molecule has 0 saturated heterocycles. The summed E-state index contributed by atoms with van der Waals surface area (Å²) in [7, 11) is 0. The molecule has 1 rings (SSSR count). The number of nitrogen functional groups attached to an aromatic ring is 1. The highest BCUT2D eigenvalue weighted by Gasteiger charge is 2.14. The van der Waals surface area contributed by atoms with Crippen LogP contribution in [0.4, 0.5) is 5.69 Å². The molecule has 0 amide bonds. The summed E-state index contributed by atoms with van der Waals surface area (Å²) in [5.74, 6) is 0. The van der Waals surface area contributed by atoms with Gasteiger partial charge in [0.15, 0.2) is 0 Å². The molecule has 4 nitrogen and oxygen atoms in total. The molecule has 0 bridgehead atoms. The zero-order chi connectivity index (χ0) is 10.7. The van der Waals surface area contributed by atoms with Crippen molar-refractivity contribution in [3.05, 3.63) is 29.3 Å². The lowest BCUT2D eigenvalue weighted by atomic mass is 10.00. The minimum absolute atomic E-state index is 0.442. The minimum atomic E-state index is -0.662. The first kappa shape index (κ1) is 10.5. The van der Waals surface area contributed by atoms with Crippen molar-refractivity contribution in [2.75, 3.05) is 5.73 Å². The average molecular weight is 191 g/mol. The van der Waals surface area contributed by atoms with Gasteiger partial charge in [0.1, 0.15) is 0 Å². The average Bonchev–Trinajstić information content (AvgIpc) is 2.16. The summed E-state index contributed by atoms with van der Waals surface area (Å²) < 4.78 is 0. The molecule has 1 aromatic rings. The van der Waals surface area contributed by atoms with Crippen LogP contribution in [0.15, 0.2) is 18.2 Å². The Morgan fingerprint density at radius 2 is 2.14 bits per heavy atom. The van der Waals surface area contributed by atoms with Gasteiger partial charge in [-0.1, -0.05) is 6.07 Å². The number of hydrogen-bond acceptors (Lipinski definition) is 4. The summed E-state index contributed by atoms with van der Waals surface area (Å²) in [6.45, 7) is 1.60. The van der Waals surface area contributed by atoms with Crippen molar-refractivity contribution < 1.29 is 5.11 Å². The second-order valence-corrected chi connectivity index (χ2v) is 3.22. The van der Waals surface area contributed by atoms with E-state index in [1.165, 1.54) is 0 Å². The molecule has 0 aliphatic carbocycles. The molecule has 0 spiro atoms. The van der Waals surface area contributed by atoms with E-state index in [0.29, 0.717) is 16.8 Å². The molecule has 0 heterocycles. The second kappa shape index (κ2) is 4.09. The normalized spacial score (nSPS) is 14.4. The van der Waals surface area contributed by atoms with Crippen LogP contribution in [0.3, 0.4) is 0 Å². The van der Waals surface area contributed by atoms with Crippen LogP contribution in [0.2, 0.25) is 0 Å². The van der Waals surface area contributed by atoms with Crippen molar-refractivity contribution >= 4 is 5.69 Å². The molecule has 0 saturated carbocycles. The number of nitrogens with zero attached hydrogens (tertiary/aromatic N) is 1. The molecule has 0 unspecified atom stereocenters. The molecule has 74 valence electrons. The Morgan fingerprint density at radius 1 is 1.50 bits per heavy atom. The van der Waals surface area contributed by atoms with Gasteiger partial charge in [0, 0.05) is 5.69 Å². The van der Waals surface area contributed by atoms with Crippen molar-refractivity contribution in [2.45, 2.75) is 19.1 Å². The smallest absolute Gasteiger partial charge is 0.0992 e. The van der Waals surface area contributed by atoms with E-state index in [0.717, 1.165) is 0 Å². The predicted molar refractivity (Wildman–Crippen MR) is 54.2 cm³/mol. The van der Waals surface area contributed by atoms with Crippen LogP contribution >= 0.6 is 0 Å². The first-order chi connectivity index (χ1) is 6.56. The molecule has 0 aliphatic rings. The molecule has 0 aliphatic heterocycles. The summed E-state index contributed by atoms with van der Waals surface area (Å²) >= 11 is 0. The maximum atomic E-state index is 9.28.